The van der Waals surface area contributed by atoms with Crippen LogP contribution in [0.25, 0.3) is 10.2 Å². The monoisotopic (exact) mass is 347 g/mol. The third kappa shape index (κ3) is 3.70. The van der Waals surface area contributed by atoms with E-state index < -0.39 is 21.3 Å². The maximum Gasteiger partial charge on any atom is 0.266 e. The number of hydrazine groups is 1. The molecule has 0 aromatic carbocycles. The molecule has 2 N–H and O–H groups in total. The lowest BCUT2D eigenvalue weighted by atomic mass is 9.96. The SMILES string of the molecule is CC(C)(C)C(=O)NNS(=O)(=O)c1cc2nc(Cl)ccc2s1. The summed E-state index contributed by atoms with van der Waals surface area (Å²) in [6.45, 7) is 5.05. The van der Waals surface area contributed by atoms with Crippen molar-refractivity contribution in [1.82, 2.24) is 15.2 Å². The summed E-state index contributed by atoms with van der Waals surface area (Å²) < 4.78 is 25.0. The zero-order chi connectivity index (χ0) is 15.8. The fourth-order valence-corrected chi connectivity index (χ4v) is 3.67. The molecule has 0 saturated carbocycles. The van der Waals surface area contributed by atoms with Crippen LogP contribution in [0.15, 0.2) is 22.4 Å². The second kappa shape index (κ2) is 5.53. The van der Waals surface area contributed by atoms with E-state index in [1.54, 1.807) is 32.9 Å². The highest BCUT2D eigenvalue weighted by atomic mass is 35.5. The summed E-state index contributed by atoms with van der Waals surface area (Å²) in [5, 5.41) is 0.290. The van der Waals surface area contributed by atoms with E-state index in [1.165, 1.54) is 6.07 Å². The van der Waals surface area contributed by atoms with Crippen molar-refractivity contribution in [2.75, 3.05) is 0 Å². The van der Waals surface area contributed by atoms with Gasteiger partial charge in [-0.1, -0.05) is 32.4 Å². The van der Waals surface area contributed by atoms with E-state index in [4.69, 9.17) is 11.6 Å². The number of rotatable bonds is 3. The third-order valence-corrected chi connectivity index (χ3v) is 5.58. The topological polar surface area (TPSA) is 88.2 Å². The Hall–Kier alpha value is -1.22. The van der Waals surface area contributed by atoms with Gasteiger partial charge in [0.1, 0.15) is 9.36 Å². The van der Waals surface area contributed by atoms with Crippen LogP contribution < -0.4 is 10.3 Å². The molecule has 2 aromatic heterocycles. The van der Waals surface area contributed by atoms with Gasteiger partial charge in [-0.3, -0.25) is 10.2 Å². The van der Waals surface area contributed by atoms with Gasteiger partial charge in [0.25, 0.3) is 10.0 Å². The molecule has 2 rings (SSSR count). The predicted molar refractivity (Wildman–Crippen MR) is 82.5 cm³/mol. The standard InChI is InChI=1S/C12H14ClN3O3S2/c1-12(2,3)11(17)15-16-21(18,19)10-6-7-8(20-10)4-5-9(13)14-7/h4-6,16H,1-3H3,(H,15,17). The van der Waals surface area contributed by atoms with Crippen LogP contribution in [0.5, 0.6) is 0 Å². The molecule has 2 heterocycles. The van der Waals surface area contributed by atoms with Crippen LogP contribution in [-0.4, -0.2) is 19.3 Å². The van der Waals surface area contributed by atoms with Crippen LogP contribution in [0.4, 0.5) is 0 Å². The zero-order valence-corrected chi connectivity index (χ0v) is 14.0. The predicted octanol–water partition coefficient (Wildman–Crippen LogP) is 2.31. The number of hydrogen-bond acceptors (Lipinski definition) is 5. The van der Waals surface area contributed by atoms with Gasteiger partial charge in [0.2, 0.25) is 5.91 Å². The molecule has 0 saturated heterocycles. The molecule has 1 amide bonds. The van der Waals surface area contributed by atoms with Crippen LogP contribution in [0.1, 0.15) is 20.8 Å². The molecule has 114 valence electrons. The number of fused-ring (bicyclic) bond motifs is 1. The number of hydrogen-bond donors (Lipinski definition) is 2. The van der Waals surface area contributed by atoms with Crippen molar-refractivity contribution >= 4 is 49.1 Å². The molecule has 2 aromatic rings. The second-order valence-electron chi connectivity index (χ2n) is 5.39. The van der Waals surface area contributed by atoms with Gasteiger partial charge >= 0.3 is 0 Å². The highest BCUT2D eigenvalue weighted by Crippen LogP contribution is 2.28. The fraction of sp³-hybridized carbons (Fsp3) is 0.333. The number of aromatic nitrogens is 1. The Kier molecular flexibility index (Phi) is 4.25. The van der Waals surface area contributed by atoms with Crippen molar-refractivity contribution in [3.63, 3.8) is 0 Å². The van der Waals surface area contributed by atoms with Crippen molar-refractivity contribution < 1.29 is 13.2 Å². The molecule has 0 unspecified atom stereocenters. The number of halogens is 1. The molecule has 0 atom stereocenters. The Morgan fingerprint density at radius 1 is 1.33 bits per heavy atom. The van der Waals surface area contributed by atoms with Gasteiger partial charge < -0.3 is 0 Å². The summed E-state index contributed by atoms with van der Waals surface area (Å²) in [4.78, 5) is 17.8. The van der Waals surface area contributed by atoms with E-state index in [0.29, 0.717) is 15.4 Å². The largest absolute Gasteiger partial charge is 0.277 e. The minimum Gasteiger partial charge on any atom is -0.277 e. The second-order valence-corrected chi connectivity index (χ2v) is 8.77. The molecule has 0 spiro atoms. The highest BCUT2D eigenvalue weighted by Gasteiger charge is 2.24. The van der Waals surface area contributed by atoms with Gasteiger partial charge in [0, 0.05) is 5.41 Å². The van der Waals surface area contributed by atoms with Crippen molar-refractivity contribution in [1.29, 1.82) is 0 Å². The molecular formula is C12H14ClN3O3S2. The van der Waals surface area contributed by atoms with Crippen LogP contribution in [0, 0.1) is 5.41 Å². The molecule has 21 heavy (non-hydrogen) atoms. The number of carbonyl (C=O) groups is 1. The summed E-state index contributed by atoms with van der Waals surface area (Å²) in [5.74, 6) is -0.423. The Balaban J connectivity index is 2.24. The lowest BCUT2D eigenvalue weighted by molar-refractivity contribution is -0.129. The van der Waals surface area contributed by atoms with E-state index in [-0.39, 0.29) is 4.21 Å². The highest BCUT2D eigenvalue weighted by molar-refractivity contribution is 7.91. The summed E-state index contributed by atoms with van der Waals surface area (Å²) >= 11 is 6.82. The number of carbonyl (C=O) groups excluding carboxylic acids is 1. The Morgan fingerprint density at radius 2 is 2.00 bits per heavy atom. The quantitative estimate of drug-likeness (QED) is 0.658. The number of pyridine rings is 1. The number of nitrogens with one attached hydrogen (secondary N) is 2. The molecule has 0 bridgehead atoms. The first-order chi connectivity index (χ1) is 9.59. The summed E-state index contributed by atoms with van der Waals surface area (Å²) in [6, 6.07) is 4.70. The summed E-state index contributed by atoms with van der Waals surface area (Å²) in [5.41, 5.74) is 2.00. The lowest BCUT2D eigenvalue weighted by Gasteiger charge is -2.17. The van der Waals surface area contributed by atoms with Crippen molar-refractivity contribution in [3.8, 4) is 0 Å². The van der Waals surface area contributed by atoms with Crippen molar-refractivity contribution in [2.24, 2.45) is 5.41 Å². The molecule has 0 fully saturated rings. The Bertz CT molecular complexity index is 794. The molecular weight excluding hydrogens is 334 g/mol. The van der Waals surface area contributed by atoms with Crippen LogP contribution in [0.2, 0.25) is 5.15 Å². The third-order valence-electron chi connectivity index (χ3n) is 2.56. The van der Waals surface area contributed by atoms with Gasteiger partial charge in [0.15, 0.2) is 0 Å². The van der Waals surface area contributed by atoms with E-state index in [1.807, 2.05) is 0 Å². The number of thiophene rings is 1. The van der Waals surface area contributed by atoms with Crippen molar-refractivity contribution in [3.05, 3.63) is 23.4 Å². The van der Waals surface area contributed by atoms with Gasteiger partial charge in [-0.25, -0.2) is 13.4 Å². The van der Waals surface area contributed by atoms with Gasteiger partial charge in [-0.2, -0.15) is 0 Å². The molecule has 6 nitrogen and oxygen atoms in total. The molecule has 9 heteroatoms. The first kappa shape index (κ1) is 16.2. The van der Waals surface area contributed by atoms with Gasteiger partial charge in [-0.15, -0.1) is 16.2 Å². The minimum atomic E-state index is -3.84. The number of sulfonamides is 1. The maximum atomic E-state index is 12.1. The van der Waals surface area contributed by atoms with Gasteiger partial charge in [-0.05, 0) is 18.2 Å². The first-order valence-corrected chi connectivity index (χ1v) is 8.66. The molecule has 0 radical (unpaired) electrons. The average molecular weight is 348 g/mol. The van der Waals surface area contributed by atoms with Crippen LogP contribution >= 0.6 is 22.9 Å². The van der Waals surface area contributed by atoms with E-state index >= 15 is 0 Å². The molecule has 0 aliphatic carbocycles. The minimum absolute atomic E-state index is 0.0569. The normalized spacial score (nSPS) is 12.6. The molecule has 0 aliphatic heterocycles. The zero-order valence-electron chi connectivity index (χ0n) is 11.6. The van der Waals surface area contributed by atoms with E-state index in [0.717, 1.165) is 11.3 Å². The summed E-state index contributed by atoms with van der Waals surface area (Å²) in [7, 11) is -3.84. The lowest BCUT2D eigenvalue weighted by Crippen LogP contribution is -2.46. The number of amides is 1. The first-order valence-electron chi connectivity index (χ1n) is 5.98. The summed E-state index contributed by atoms with van der Waals surface area (Å²) in [6.07, 6.45) is 0. The van der Waals surface area contributed by atoms with Crippen molar-refractivity contribution in [2.45, 2.75) is 25.0 Å². The smallest absolute Gasteiger partial charge is 0.266 e. The Morgan fingerprint density at radius 3 is 2.62 bits per heavy atom. The average Bonchev–Trinajstić information content (AvgIpc) is 2.78. The number of nitrogens with zero attached hydrogens (tertiary/aromatic N) is 1. The maximum absolute atomic E-state index is 12.1. The Labute approximate surface area is 131 Å². The van der Waals surface area contributed by atoms with Gasteiger partial charge in [0.05, 0.1) is 10.2 Å². The van der Waals surface area contributed by atoms with E-state index in [2.05, 4.69) is 15.2 Å². The van der Waals surface area contributed by atoms with E-state index in [9.17, 15) is 13.2 Å². The fourth-order valence-electron chi connectivity index (χ4n) is 1.36. The van der Waals surface area contributed by atoms with Crippen LogP contribution in [0.3, 0.4) is 0 Å². The van der Waals surface area contributed by atoms with Crippen LogP contribution in [-0.2, 0) is 14.8 Å². The molecule has 0 aliphatic rings.